The second kappa shape index (κ2) is 6.84. The van der Waals surface area contributed by atoms with E-state index in [1.165, 1.54) is 15.3 Å². The van der Waals surface area contributed by atoms with Crippen molar-refractivity contribution in [2.24, 2.45) is 0 Å². The highest BCUT2D eigenvalue weighted by Crippen LogP contribution is 2.24. The van der Waals surface area contributed by atoms with E-state index in [1.807, 2.05) is 6.92 Å². The third-order valence-electron chi connectivity index (χ3n) is 4.66. The van der Waals surface area contributed by atoms with Crippen molar-refractivity contribution in [3.63, 3.8) is 0 Å². The van der Waals surface area contributed by atoms with Crippen molar-refractivity contribution in [2.45, 2.75) is 20.3 Å². The number of hydrogen-bond acceptors (Lipinski definition) is 4. The molecule has 0 aliphatic carbocycles. The number of amides is 2. The first kappa shape index (κ1) is 17.8. The molecule has 2 heterocycles. The zero-order valence-corrected chi connectivity index (χ0v) is 15.6. The lowest BCUT2D eigenvalue weighted by Gasteiger charge is -2.06. The van der Waals surface area contributed by atoms with Crippen LogP contribution in [-0.4, -0.2) is 24.5 Å². The Hall–Kier alpha value is -3.61. The van der Waals surface area contributed by atoms with Gasteiger partial charge in [-0.3, -0.25) is 0 Å². The Bertz CT molecular complexity index is 1120. The summed E-state index contributed by atoms with van der Waals surface area (Å²) in [5.41, 5.74) is 1.68. The van der Waals surface area contributed by atoms with Crippen LogP contribution in [0.15, 0.2) is 54.7 Å². The van der Waals surface area contributed by atoms with Crippen molar-refractivity contribution >= 4 is 34.6 Å². The second-order valence-corrected chi connectivity index (χ2v) is 6.31. The molecular formula is C21H19N3O4+2. The van der Waals surface area contributed by atoms with Gasteiger partial charge in [-0.25, -0.2) is 9.59 Å². The fraction of sp³-hybridized carbons (Fsp3) is 0.190. The molecule has 7 heteroatoms. The van der Waals surface area contributed by atoms with Gasteiger partial charge in [-0.1, -0.05) is 19.1 Å². The zero-order chi connectivity index (χ0) is 19.8. The highest BCUT2D eigenvalue weighted by molar-refractivity contribution is 6.21. The van der Waals surface area contributed by atoms with Crippen LogP contribution in [0.5, 0.6) is 5.75 Å². The van der Waals surface area contributed by atoms with Crippen molar-refractivity contribution in [1.29, 1.82) is 0 Å². The first-order valence-electron chi connectivity index (χ1n) is 9.11. The van der Waals surface area contributed by atoms with E-state index in [-0.39, 0.29) is 18.0 Å². The maximum absolute atomic E-state index is 13.1. The predicted octanol–water partition coefficient (Wildman–Crippen LogP) is 2.49. The number of anilines is 1. The molecule has 7 nitrogen and oxygen atoms in total. The highest BCUT2D eigenvalue weighted by Gasteiger charge is 2.51. The largest absolute Gasteiger partial charge is 0.512 e. The number of carbonyl (C=O) groups is 3. The Morgan fingerprint density at radius 3 is 2.32 bits per heavy atom. The van der Waals surface area contributed by atoms with Crippen molar-refractivity contribution < 1.29 is 28.3 Å². The number of fused-ring (bicyclic) bond motifs is 3. The summed E-state index contributed by atoms with van der Waals surface area (Å²) in [6.07, 6.45) is 1.73. The van der Waals surface area contributed by atoms with Crippen molar-refractivity contribution in [1.82, 2.24) is 0 Å². The number of ether oxygens (including phenoxy) is 1. The first-order chi connectivity index (χ1) is 13.6. The topological polar surface area (TPSA) is 71.4 Å². The third-order valence-corrected chi connectivity index (χ3v) is 4.66. The number of hydrogen-bond donors (Lipinski definition) is 0. The van der Waals surface area contributed by atoms with Crippen molar-refractivity contribution in [3.05, 3.63) is 60.4 Å². The fourth-order valence-corrected chi connectivity index (χ4v) is 3.36. The van der Waals surface area contributed by atoms with E-state index >= 15 is 0 Å². The molecule has 2 amide bonds. The number of para-hydroxylation sites is 2. The average Bonchev–Trinajstić information content (AvgIpc) is 2.98. The van der Waals surface area contributed by atoms with Gasteiger partial charge in [-0.2, -0.15) is 4.79 Å². The molecule has 0 N–H and O–H groups in total. The molecule has 0 spiro atoms. The molecule has 1 aromatic heterocycles. The molecule has 4 rings (SSSR count). The van der Waals surface area contributed by atoms with Gasteiger partial charge in [0.05, 0.1) is 13.0 Å². The molecule has 28 heavy (non-hydrogen) atoms. The van der Waals surface area contributed by atoms with Crippen LogP contribution in [0.3, 0.4) is 0 Å². The summed E-state index contributed by atoms with van der Waals surface area (Å²) >= 11 is 0. The Morgan fingerprint density at radius 1 is 1.00 bits per heavy atom. The molecule has 0 atom stereocenters. The van der Waals surface area contributed by atoms with Gasteiger partial charge >= 0.3 is 17.8 Å². The van der Waals surface area contributed by atoms with Crippen LogP contribution in [0.4, 0.5) is 10.5 Å². The molecule has 0 unspecified atom stereocenters. The molecule has 0 bridgehead atoms. The summed E-state index contributed by atoms with van der Waals surface area (Å²) in [6, 6.07) is 13.3. The van der Waals surface area contributed by atoms with Gasteiger partial charge in [-0.05, 0) is 37.3 Å². The fourth-order valence-electron chi connectivity index (χ4n) is 3.36. The van der Waals surface area contributed by atoms with Crippen LogP contribution < -0.4 is 18.8 Å². The van der Waals surface area contributed by atoms with E-state index in [9.17, 15) is 14.4 Å². The monoisotopic (exact) mass is 377 g/mol. The van der Waals surface area contributed by atoms with E-state index in [1.54, 1.807) is 55.5 Å². The number of nitrogens with zero attached hydrogens (tertiary/aromatic N) is 3. The quantitative estimate of drug-likeness (QED) is 0.655. The molecule has 1 aliphatic rings. The van der Waals surface area contributed by atoms with Gasteiger partial charge in [0.1, 0.15) is 11.4 Å². The highest BCUT2D eigenvalue weighted by atomic mass is 16.5. The van der Waals surface area contributed by atoms with Crippen molar-refractivity contribution in [3.8, 4) is 5.75 Å². The first-order valence-corrected chi connectivity index (χ1v) is 9.11. The minimum absolute atomic E-state index is 0.152. The molecule has 0 saturated carbocycles. The Balaban J connectivity index is 1.87. The number of carbonyl (C=O) groups excluding carboxylic acids is 3. The van der Waals surface area contributed by atoms with E-state index in [2.05, 4.69) is 0 Å². The van der Waals surface area contributed by atoms with E-state index in [0.29, 0.717) is 29.1 Å². The van der Waals surface area contributed by atoms with Crippen molar-refractivity contribution in [2.75, 3.05) is 11.5 Å². The van der Waals surface area contributed by atoms with Crippen LogP contribution in [0, 0.1) is 0 Å². The van der Waals surface area contributed by atoms with Gasteiger partial charge in [0, 0.05) is 6.07 Å². The van der Waals surface area contributed by atoms with E-state index in [0.717, 1.165) is 4.90 Å². The standard InChI is InChI=1S/C21H19N3O4/c1-3-19(25)22-13-18-20(26)23(14-9-11-15(12-10-14)28-4-2)21(27)24(18)17-8-6-5-7-16(17)22/h5-13H,3-4H2,1-2H3/q+2. The van der Waals surface area contributed by atoms with Crippen LogP contribution in [0.25, 0.3) is 11.0 Å². The Labute approximate surface area is 161 Å². The summed E-state index contributed by atoms with van der Waals surface area (Å²) in [7, 11) is 0. The lowest BCUT2D eigenvalue weighted by molar-refractivity contribution is -0.593. The molecule has 0 saturated heterocycles. The lowest BCUT2D eigenvalue weighted by Crippen LogP contribution is -2.52. The number of imide groups is 1. The minimum atomic E-state index is -0.476. The maximum atomic E-state index is 13.1. The summed E-state index contributed by atoms with van der Waals surface area (Å²) in [6.45, 7) is 4.16. The number of rotatable bonds is 4. The second-order valence-electron chi connectivity index (χ2n) is 6.31. The maximum Gasteiger partial charge on any atom is 0.512 e. The predicted molar refractivity (Wildman–Crippen MR) is 100 cm³/mol. The number of aromatic nitrogens is 2. The third kappa shape index (κ3) is 2.63. The summed E-state index contributed by atoms with van der Waals surface area (Å²) < 4.78 is 8.21. The smallest absolute Gasteiger partial charge is 0.494 e. The van der Waals surface area contributed by atoms with Gasteiger partial charge in [-0.15, -0.1) is 14.0 Å². The minimum Gasteiger partial charge on any atom is -0.494 e. The van der Waals surface area contributed by atoms with Gasteiger partial charge in [0.2, 0.25) is 11.7 Å². The average molecular weight is 377 g/mol. The molecule has 0 fully saturated rings. The molecule has 0 radical (unpaired) electrons. The summed E-state index contributed by atoms with van der Waals surface area (Å²) in [5, 5.41) is 0. The van der Waals surface area contributed by atoms with Crippen LogP contribution in [0.2, 0.25) is 0 Å². The van der Waals surface area contributed by atoms with Crippen LogP contribution >= 0.6 is 0 Å². The SMILES string of the molecule is CCOc1ccc(N2C(=O)c3c[n+](C(=O)CC)c4ccccc4[n+]3C2=O)cc1. The molecule has 2 aromatic carbocycles. The van der Waals surface area contributed by atoms with E-state index in [4.69, 9.17) is 4.74 Å². The van der Waals surface area contributed by atoms with Crippen LogP contribution in [0.1, 0.15) is 35.6 Å². The molecule has 1 aliphatic heterocycles. The summed E-state index contributed by atoms with van der Waals surface area (Å²) in [5.74, 6) is 0.0317. The van der Waals surface area contributed by atoms with Gasteiger partial charge in [0.25, 0.3) is 11.2 Å². The zero-order valence-electron chi connectivity index (χ0n) is 15.6. The van der Waals surface area contributed by atoms with Crippen LogP contribution in [-0.2, 0) is 0 Å². The molecular weight excluding hydrogens is 358 g/mol. The normalized spacial score (nSPS) is 13.1. The van der Waals surface area contributed by atoms with E-state index < -0.39 is 11.9 Å². The molecule has 140 valence electrons. The van der Waals surface area contributed by atoms with Gasteiger partial charge < -0.3 is 4.74 Å². The molecule has 3 aromatic rings. The summed E-state index contributed by atoms with van der Waals surface area (Å²) in [4.78, 5) is 39.7. The Morgan fingerprint density at radius 2 is 1.68 bits per heavy atom. The lowest BCUT2D eigenvalue weighted by atomic mass is 10.2. The Kier molecular flexibility index (Phi) is 4.35. The number of benzene rings is 2. The van der Waals surface area contributed by atoms with Gasteiger partial charge in [0.15, 0.2) is 0 Å².